The third-order valence-electron chi connectivity index (χ3n) is 3.59. The Labute approximate surface area is 133 Å². The number of amides is 3. The summed E-state index contributed by atoms with van der Waals surface area (Å²) in [6.45, 7) is 5.84. The Morgan fingerprint density at radius 1 is 1.00 bits per heavy atom. The molecule has 21 heavy (non-hydrogen) atoms. The summed E-state index contributed by atoms with van der Waals surface area (Å²) in [6, 6.07) is -0.0265. The molecule has 0 aliphatic carbocycles. The number of hydrogen-bond donors (Lipinski definition) is 2. The maximum atomic E-state index is 12.0. The molecule has 1 heterocycles. The fourth-order valence-corrected chi connectivity index (χ4v) is 2.35. The maximum absolute atomic E-state index is 12.0. The summed E-state index contributed by atoms with van der Waals surface area (Å²) in [4.78, 5) is 27.3. The van der Waals surface area contributed by atoms with Gasteiger partial charge in [0.15, 0.2) is 0 Å². The van der Waals surface area contributed by atoms with Crippen LogP contribution in [0.2, 0.25) is 0 Å². The van der Waals surface area contributed by atoms with Gasteiger partial charge in [0.2, 0.25) is 5.91 Å². The molecular weight excluding hydrogens is 292 g/mol. The minimum absolute atomic E-state index is 0. The number of rotatable bonds is 7. The van der Waals surface area contributed by atoms with E-state index in [0.29, 0.717) is 39.1 Å². The van der Waals surface area contributed by atoms with E-state index in [9.17, 15) is 9.59 Å². The predicted octanol–water partition coefficient (Wildman–Crippen LogP) is 1.19. The number of urea groups is 1. The first-order valence-electron chi connectivity index (χ1n) is 7.69. The molecule has 1 rings (SSSR count). The molecule has 1 aliphatic rings. The number of hydrogen-bond acceptors (Lipinski definition) is 3. The van der Waals surface area contributed by atoms with Crippen LogP contribution in [-0.4, -0.2) is 61.0 Å². The summed E-state index contributed by atoms with van der Waals surface area (Å²) >= 11 is 0. The van der Waals surface area contributed by atoms with Gasteiger partial charge in [0.1, 0.15) is 0 Å². The minimum atomic E-state index is -0.0265. The second-order valence-electron chi connectivity index (χ2n) is 5.16. The molecule has 0 aromatic heterocycles. The second-order valence-corrected chi connectivity index (χ2v) is 5.16. The lowest BCUT2D eigenvalue weighted by atomic mass is 10.1. The van der Waals surface area contributed by atoms with Crippen LogP contribution >= 0.6 is 12.4 Å². The highest BCUT2D eigenvalue weighted by Crippen LogP contribution is 2.08. The molecule has 1 saturated heterocycles. The number of nitrogens with two attached hydrogens (primary N) is 1. The van der Waals surface area contributed by atoms with Crippen molar-refractivity contribution in [1.82, 2.24) is 15.1 Å². The summed E-state index contributed by atoms with van der Waals surface area (Å²) in [5, 5.41) is 2.79. The lowest BCUT2D eigenvalue weighted by Gasteiger charge is -2.34. The zero-order chi connectivity index (χ0) is 14.8. The average molecular weight is 321 g/mol. The van der Waals surface area contributed by atoms with Crippen molar-refractivity contribution in [3.05, 3.63) is 0 Å². The van der Waals surface area contributed by atoms with Gasteiger partial charge in [-0.25, -0.2) is 4.79 Å². The van der Waals surface area contributed by atoms with E-state index in [2.05, 4.69) is 5.32 Å². The first-order chi connectivity index (χ1) is 9.69. The Hall–Kier alpha value is -1.01. The van der Waals surface area contributed by atoms with Crippen molar-refractivity contribution in [3.8, 4) is 0 Å². The summed E-state index contributed by atoms with van der Waals surface area (Å²) < 4.78 is 0. The van der Waals surface area contributed by atoms with Crippen LogP contribution in [0, 0.1) is 0 Å². The van der Waals surface area contributed by atoms with Gasteiger partial charge in [0, 0.05) is 39.1 Å². The van der Waals surface area contributed by atoms with Crippen molar-refractivity contribution in [3.63, 3.8) is 0 Å². The molecular formula is C14H29ClN4O2. The highest BCUT2D eigenvalue weighted by atomic mass is 35.5. The number of halogens is 1. The first kappa shape index (κ1) is 20.0. The quantitative estimate of drug-likeness (QED) is 0.692. The number of nitrogens with one attached hydrogen (secondary N) is 1. The number of carbonyl (C=O) groups excluding carboxylic acids is 2. The molecule has 0 saturated carbocycles. The summed E-state index contributed by atoms with van der Waals surface area (Å²) in [6.07, 6.45) is 4.77. The molecule has 124 valence electrons. The lowest BCUT2D eigenvalue weighted by Crippen LogP contribution is -2.53. The summed E-state index contributed by atoms with van der Waals surface area (Å²) in [7, 11) is 0. The Bertz CT molecular complexity index is 307. The fourth-order valence-electron chi connectivity index (χ4n) is 2.35. The Morgan fingerprint density at radius 3 is 2.14 bits per heavy atom. The largest absolute Gasteiger partial charge is 0.339 e. The van der Waals surface area contributed by atoms with Crippen molar-refractivity contribution in [1.29, 1.82) is 0 Å². The van der Waals surface area contributed by atoms with Crippen LogP contribution in [0.15, 0.2) is 0 Å². The summed E-state index contributed by atoms with van der Waals surface area (Å²) in [5.41, 5.74) is 5.43. The average Bonchev–Trinajstić information content (AvgIpc) is 2.47. The SMILES string of the molecule is CCNC(=O)N1CCN(C(=O)CCCCCCN)CC1.Cl. The molecule has 0 unspecified atom stereocenters. The Morgan fingerprint density at radius 2 is 1.57 bits per heavy atom. The Balaban J connectivity index is 0.00000400. The molecule has 0 aromatic rings. The molecule has 0 radical (unpaired) electrons. The third kappa shape index (κ3) is 7.52. The topological polar surface area (TPSA) is 78.7 Å². The van der Waals surface area contributed by atoms with Crippen LogP contribution in [0.4, 0.5) is 4.79 Å². The molecule has 1 aliphatic heterocycles. The van der Waals surface area contributed by atoms with E-state index < -0.39 is 0 Å². The van der Waals surface area contributed by atoms with E-state index in [-0.39, 0.29) is 24.3 Å². The fraction of sp³-hybridized carbons (Fsp3) is 0.857. The normalized spacial score (nSPS) is 14.6. The van der Waals surface area contributed by atoms with Crippen LogP contribution in [-0.2, 0) is 4.79 Å². The van der Waals surface area contributed by atoms with Gasteiger partial charge in [-0.15, -0.1) is 12.4 Å². The second kappa shape index (κ2) is 11.6. The monoisotopic (exact) mass is 320 g/mol. The third-order valence-corrected chi connectivity index (χ3v) is 3.59. The van der Waals surface area contributed by atoms with Crippen molar-refractivity contribution in [2.45, 2.75) is 39.0 Å². The zero-order valence-corrected chi connectivity index (χ0v) is 13.8. The van der Waals surface area contributed by atoms with Gasteiger partial charge in [0.05, 0.1) is 0 Å². The van der Waals surface area contributed by atoms with Gasteiger partial charge in [0.25, 0.3) is 0 Å². The molecule has 1 fully saturated rings. The highest BCUT2D eigenvalue weighted by Gasteiger charge is 2.23. The first-order valence-corrected chi connectivity index (χ1v) is 7.69. The van der Waals surface area contributed by atoms with E-state index in [1.165, 1.54) is 0 Å². The van der Waals surface area contributed by atoms with Crippen LogP contribution < -0.4 is 11.1 Å². The van der Waals surface area contributed by atoms with Gasteiger partial charge >= 0.3 is 6.03 Å². The molecule has 0 aromatic carbocycles. The molecule has 7 heteroatoms. The minimum Gasteiger partial charge on any atom is -0.339 e. The number of nitrogens with zero attached hydrogens (tertiary/aromatic N) is 2. The molecule has 3 N–H and O–H groups in total. The van der Waals surface area contributed by atoms with Gasteiger partial charge in [-0.1, -0.05) is 12.8 Å². The van der Waals surface area contributed by atoms with E-state index in [1.54, 1.807) is 4.90 Å². The van der Waals surface area contributed by atoms with Crippen molar-refractivity contribution >= 4 is 24.3 Å². The lowest BCUT2D eigenvalue weighted by molar-refractivity contribution is -0.132. The van der Waals surface area contributed by atoms with E-state index in [4.69, 9.17) is 5.73 Å². The van der Waals surface area contributed by atoms with Gasteiger partial charge in [-0.2, -0.15) is 0 Å². The highest BCUT2D eigenvalue weighted by molar-refractivity contribution is 5.85. The standard InChI is InChI=1S/C14H28N4O2.ClH/c1-2-16-14(20)18-11-9-17(10-12-18)13(19)7-5-3-4-6-8-15;/h2-12,15H2,1H3,(H,16,20);1H. The molecule has 3 amide bonds. The zero-order valence-electron chi connectivity index (χ0n) is 13.0. The molecule has 0 spiro atoms. The van der Waals surface area contributed by atoms with Crippen LogP contribution in [0.5, 0.6) is 0 Å². The van der Waals surface area contributed by atoms with Crippen LogP contribution in [0.1, 0.15) is 39.0 Å². The smallest absolute Gasteiger partial charge is 0.317 e. The van der Waals surface area contributed by atoms with Crippen molar-refractivity contribution < 1.29 is 9.59 Å². The van der Waals surface area contributed by atoms with Crippen LogP contribution in [0.25, 0.3) is 0 Å². The van der Waals surface area contributed by atoms with Gasteiger partial charge in [-0.3, -0.25) is 4.79 Å². The van der Waals surface area contributed by atoms with Crippen LogP contribution in [0.3, 0.4) is 0 Å². The Kier molecular flexibility index (Phi) is 11.1. The van der Waals surface area contributed by atoms with E-state index in [0.717, 1.165) is 32.2 Å². The number of carbonyl (C=O) groups is 2. The molecule has 0 bridgehead atoms. The molecule has 0 atom stereocenters. The number of unbranched alkanes of at least 4 members (excludes halogenated alkanes) is 3. The van der Waals surface area contributed by atoms with Gasteiger partial charge < -0.3 is 20.9 Å². The van der Waals surface area contributed by atoms with Crippen molar-refractivity contribution in [2.24, 2.45) is 5.73 Å². The summed E-state index contributed by atoms with van der Waals surface area (Å²) in [5.74, 6) is 0.216. The van der Waals surface area contributed by atoms with E-state index >= 15 is 0 Å². The van der Waals surface area contributed by atoms with Gasteiger partial charge in [-0.05, 0) is 26.3 Å². The van der Waals surface area contributed by atoms with Crippen molar-refractivity contribution in [2.75, 3.05) is 39.3 Å². The predicted molar refractivity (Wildman–Crippen MR) is 86.6 cm³/mol. The molecule has 6 nitrogen and oxygen atoms in total. The maximum Gasteiger partial charge on any atom is 0.317 e. The number of piperazine rings is 1. The van der Waals surface area contributed by atoms with E-state index in [1.807, 2.05) is 11.8 Å².